The molecule has 0 spiro atoms. The molecule has 1 aliphatic rings. The van der Waals surface area contributed by atoms with Gasteiger partial charge in [-0.2, -0.15) is 0 Å². The molecule has 0 aliphatic carbocycles. The molecule has 1 aliphatic heterocycles. The van der Waals surface area contributed by atoms with Crippen LogP contribution in [0.2, 0.25) is 0 Å². The van der Waals surface area contributed by atoms with Crippen LogP contribution in [0.4, 0.5) is 0 Å². The van der Waals surface area contributed by atoms with E-state index in [-0.39, 0.29) is 6.61 Å². The van der Waals surface area contributed by atoms with Crippen molar-refractivity contribution in [3.8, 4) is 0 Å². The molecule has 0 saturated carbocycles. The zero-order chi connectivity index (χ0) is 20.6. The van der Waals surface area contributed by atoms with E-state index in [2.05, 4.69) is 4.98 Å². The normalized spacial score (nSPS) is 28.4. The van der Waals surface area contributed by atoms with E-state index >= 15 is 0 Å². The van der Waals surface area contributed by atoms with Gasteiger partial charge in [-0.1, -0.05) is 20.8 Å². The van der Waals surface area contributed by atoms with E-state index < -0.39 is 54.9 Å². The number of aliphatic hydroxyl groups excluding tert-OH is 1. The summed E-state index contributed by atoms with van der Waals surface area (Å²) in [5.41, 5.74) is -1.76. The van der Waals surface area contributed by atoms with Crippen molar-refractivity contribution in [1.29, 1.82) is 0 Å². The van der Waals surface area contributed by atoms with Crippen LogP contribution in [0.15, 0.2) is 21.9 Å². The van der Waals surface area contributed by atoms with Gasteiger partial charge in [-0.05, 0) is 19.3 Å². The predicted octanol–water partition coefficient (Wildman–Crippen LogP) is 0.999. The lowest BCUT2D eigenvalue weighted by molar-refractivity contribution is -0.0553. The molecule has 154 valence electrons. The first-order chi connectivity index (χ1) is 12.3. The van der Waals surface area contributed by atoms with E-state index in [9.17, 15) is 24.2 Å². The second-order valence-electron chi connectivity index (χ2n) is 7.88. The highest BCUT2D eigenvalue weighted by molar-refractivity contribution is 7.47. The third-order valence-corrected chi connectivity index (χ3v) is 5.41. The van der Waals surface area contributed by atoms with Gasteiger partial charge in [0, 0.05) is 18.2 Å². The number of aliphatic hydroxyl groups is 1. The van der Waals surface area contributed by atoms with Crippen molar-refractivity contribution in [2.75, 3.05) is 6.61 Å². The summed E-state index contributed by atoms with van der Waals surface area (Å²) in [6.07, 6.45) is -2.24. The van der Waals surface area contributed by atoms with E-state index in [1.165, 1.54) is 6.20 Å². The Morgan fingerprint density at radius 1 is 1.37 bits per heavy atom. The van der Waals surface area contributed by atoms with E-state index in [4.69, 9.17) is 13.8 Å². The molecule has 1 aromatic rings. The molecule has 5 unspecified atom stereocenters. The average Bonchev–Trinajstić information content (AvgIpc) is 2.81. The molecule has 2 rings (SSSR count). The smallest absolute Gasteiger partial charge is 0.388 e. The molecule has 1 aromatic heterocycles. The maximum atomic E-state index is 12.1. The highest BCUT2D eigenvalue weighted by atomic mass is 31.2. The number of ether oxygens (including phenoxy) is 1. The van der Waals surface area contributed by atoms with Gasteiger partial charge < -0.3 is 14.7 Å². The molecule has 27 heavy (non-hydrogen) atoms. The van der Waals surface area contributed by atoms with Gasteiger partial charge in [0.15, 0.2) is 6.23 Å². The molecule has 3 N–H and O–H groups in total. The Labute approximate surface area is 156 Å². The Bertz CT molecular complexity index is 812. The average molecular weight is 406 g/mol. The van der Waals surface area contributed by atoms with Gasteiger partial charge in [-0.25, -0.2) is 9.36 Å². The van der Waals surface area contributed by atoms with Crippen LogP contribution >= 0.6 is 7.82 Å². The number of aromatic nitrogens is 2. The molecule has 2 heterocycles. The third-order valence-electron chi connectivity index (χ3n) is 4.25. The number of nitrogens with one attached hydrogen (secondary N) is 1. The minimum atomic E-state index is -4.29. The van der Waals surface area contributed by atoms with Crippen molar-refractivity contribution in [2.45, 2.75) is 59.2 Å². The Kier molecular flexibility index (Phi) is 6.51. The summed E-state index contributed by atoms with van der Waals surface area (Å²) < 4.78 is 28.7. The lowest BCUT2D eigenvalue weighted by Crippen LogP contribution is -2.40. The molecule has 11 heteroatoms. The maximum absolute atomic E-state index is 12.1. The molecule has 0 radical (unpaired) electrons. The van der Waals surface area contributed by atoms with Gasteiger partial charge in [-0.3, -0.25) is 23.4 Å². The van der Waals surface area contributed by atoms with Crippen molar-refractivity contribution >= 4 is 7.82 Å². The first-order valence-electron chi connectivity index (χ1n) is 8.62. The SMILES string of the molecule is CC(C)OP(=O)(O)OCC1OC(n2ccc(=O)[nH]c2=O)C(O)C1C(C)(C)C. The summed E-state index contributed by atoms with van der Waals surface area (Å²) >= 11 is 0. The van der Waals surface area contributed by atoms with Gasteiger partial charge in [0.05, 0.1) is 18.8 Å². The van der Waals surface area contributed by atoms with E-state index in [1.807, 2.05) is 20.8 Å². The second-order valence-corrected chi connectivity index (χ2v) is 9.29. The Hall–Kier alpha value is -1.29. The number of aromatic amines is 1. The maximum Gasteiger partial charge on any atom is 0.472 e. The van der Waals surface area contributed by atoms with Crippen molar-refractivity contribution in [3.63, 3.8) is 0 Å². The van der Waals surface area contributed by atoms with Crippen LogP contribution in [-0.4, -0.2) is 44.5 Å². The summed E-state index contributed by atoms with van der Waals surface area (Å²) in [5, 5.41) is 10.8. The first kappa shape index (κ1) is 22.0. The summed E-state index contributed by atoms with van der Waals surface area (Å²) in [6, 6.07) is 1.14. The summed E-state index contributed by atoms with van der Waals surface area (Å²) in [5.74, 6) is -0.514. The lowest BCUT2D eigenvalue weighted by Gasteiger charge is -2.33. The van der Waals surface area contributed by atoms with Gasteiger partial charge in [0.25, 0.3) is 5.56 Å². The highest BCUT2D eigenvalue weighted by Crippen LogP contribution is 2.48. The standard InChI is InChI=1S/C16H27N2O8P/c1-9(2)26-27(22,23)24-8-10-12(16(3,4)5)13(20)14(25-10)18-7-6-11(19)17-15(18)21/h6-7,9-10,12-14,20H,8H2,1-5H3,(H,22,23)(H,17,19,21). The largest absolute Gasteiger partial charge is 0.472 e. The number of phosphoric ester groups is 1. The van der Waals surface area contributed by atoms with Crippen molar-refractivity contribution < 1.29 is 28.3 Å². The molecule has 5 atom stereocenters. The number of hydrogen-bond donors (Lipinski definition) is 3. The fourth-order valence-corrected chi connectivity index (χ4v) is 4.21. The minimum absolute atomic E-state index is 0.311. The summed E-state index contributed by atoms with van der Waals surface area (Å²) in [7, 11) is -4.29. The topological polar surface area (TPSA) is 140 Å². The van der Waals surface area contributed by atoms with Crippen LogP contribution < -0.4 is 11.2 Å². The van der Waals surface area contributed by atoms with Crippen LogP contribution in [0.3, 0.4) is 0 Å². The fraction of sp³-hybridized carbons (Fsp3) is 0.750. The predicted molar refractivity (Wildman–Crippen MR) is 96.2 cm³/mol. The molecular weight excluding hydrogens is 379 g/mol. The van der Waals surface area contributed by atoms with Crippen LogP contribution in [-0.2, 0) is 18.3 Å². The number of hydrogen-bond acceptors (Lipinski definition) is 7. The molecule has 0 amide bonds. The quantitative estimate of drug-likeness (QED) is 0.595. The fourth-order valence-electron chi connectivity index (χ4n) is 3.28. The molecule has 0 bridgehead atoms. The first-order valence-corrected chi connectivity index (χ1v) is 10.1. The van der Waals surface area contributed by atoms with Crippen molar-refractivity contribution in [2.24, 2.45) is 11.3 Å². The minimum Gasteiger partial charge on any atom is -0.388 e. The van der Waals surface area contributed by atoms with E-state index in [0.717, 1.165) is 10.6 Å². The van der Waals surface area contributed by atoms with Gasteiger partial charge in [0.1, 0.15) is 6.10 Å². The van der Waals surface area contributed by atoms with E-state index in [1.54, 1.807) is 13.8 Å². The Balaban J connectivity index is 2.26. The van der Waals surface area contributed by atoms with Crippen LogP contribution in [0.5, 0.6) is 0 Å². The monoisotopic (exact) mass is 406 g/mol. The summed E-state index contributed by atoms with van der Waals surface area (Å²) in [6.45, 7) is 8.50. The molecule has 1 saturated heterocycles. The number of rotatable bonds is 6. The number of nitrogens with zero attached hydrogens (tertiary/aromatic N) is 1. The van der Waals surface area contributed by atoms with Crippen LogP contribution in [0.1, 0.15) is 40.8 Å². The van der Waals surface area contributed by atoms with E-state index in [0.29, 0.717) is 0 Å². The van der Waals surface area contributed by atoms with Crippen molar-refractivity contribution in [1.82, 2.24) is 9.55 Å². The molecule has 10 nitrogen and oxygen atoms in total. The van der Waals surface area contributed by atoms with Gasteiger partial charge >= 0.3 is 13.5 Å². The molecule has 0 aromatic carbocycles. The van der Waals surface area contributed by atoms with Crippen LogP contribution in [0, 0.1) is 11.3 Å². The number of phosphoric acid groups is 1. The highest BCUT2D eigenvalue weighted by Gasteiger charge is 2.50. The molecular formula is C16H27N2O8P. The third kappa shape index (κ3) is 5.37. The Morgan fingerprint density at radius 3 is 2.52 bits per heavy atom. The summed E-state index contributed by atoms with van der Waals surface area (Å²) in [4.78, 5) is 35.2. The number of H-pyrrole nitrogens is 1. The van der Waals surface area contributed by atoms with Crippen molar-refractivity contribution in [3.05, 3.63) is 33.1 Å². The zero-order valence-corrected chi connectivity index (χ0v) is 16.9. The zero-order valence-electron chi connectivity index (χ0n) is 16.0. The molecule has 1 fully saturated rings. The van der Waals surface area contributed by atoms with Gasteiger partial charge in [0.2, 0.25) is 0 Å². The lowest BCUT2D eigenvalue weighted by atomic mass is 9.75. The van der Waals surface area contributed by atoms with Crippen LogP contribution in [0.25, 0.3) is 0 Å². The van der Waals surface area contributed by atoms with Gasteiger partial charge in [-0.15, -0.1) is 0 Å². The Morgan fingerprint density at radius 2 is 2.00 bits per heavy atom. The second kappa shape index (κ2) is 7.98.